The molecule has 0 aliphatic carbocycles. The highest BCUT2D eigenvalue weighted by molar-refractivity contribution is 5.95. The third-order valence-corrected chi connectivity index (χ3v) is 3.04. The van der Waals surface area contributed by atoms with Gasteiger partial charge >= 0.3 is 5.97 Å². The maximum absolute atomic E-state index is 13.1. The van der Waals surface area contributed by atoms with Gasteiger partial charge in [0, 0.05) is 18.5 Å². The zero-order chi connectivity index (χ0) is 14.4. The molecule has 0 saturated heterocycles. The molecule has 0 fully saturated rings. The van der Waals surface area contributed by atoms with Crippen LogP contribution in [0.25, 0.3) is 0 Å². The summed E-state index contributed by atoms with van der Waals surface area (Å²) in [6.45, 7) is 3.87. The molecule has 0 radical (unpaired) electrons. The van der Waals surface area contributed by atoms with E-state index in [0.717, 1.165) is 0 Å². The summed E-state index contributed by atoms with van der Waals surface area (Å²) in [5, 5.41) is 11.4. The van der Waals surface area contributed by atoms with Gasteiger partial charge in [-0.15, -0.1) is 0 Å². The highest BCUT2D eigenvalue weighted by atomic mass is 19.1. The molecule has 1 atom stereocenters. The van der Waals surface area contributed by atoms with Crippen molar-refractivity contribution in [2.75, 3.05) is 6.54 Å². The Hall–Kier alpha value is -1.91. The normalized spacial score (nSPS) is 11.9. The fourth-order valence-electron chi connectivity index (χ4n) is 1.78. The summed E-state index contributed by atoms with van der Waals surface area (Å²) in [6, 6.07) is 4.02. The number of hydrogen-bond donors (Lipinski definition) is 2. The summed E-state index contributed by atoms with van der Waals surface area (Å²) in [5.41, 5.74) is 0.968. The Labute approximate surface area is 111 Å². The summed E-state index contributed by atoms with van der Waals surface area (Å²) in [6.07, 6.45) is 0.674. The summed E-state index contributed by atoms with van der Waals surface area (Å²) >= 11 is 0. The van der Waals surface area contributed by atoms with Crippen LogP contribution < -0.4 is 5.32 Å². The first-order valence-corrected chi connectivity index (χ1v) is 6.20. The van der Waals surface area contributed by atoms with Gasteiger partial charge in [-0.05, 0) is 30.5 Å². The van der Waals surface area contributed by atoms with Crippen LogP contribution in [0.15, 0.2) is 18.2 Å². The molecule has 2 N–H and O–H groups in total. The zero-order valence-corrected chi connectivity index (χ0v) is 11.1. The number of aryl methyl sites for hydroxylation is 1. The Bertz CT molecular complexity index is 474. The van der Waals surface area contributed by atoms with Crippen LogP contribution in [0.2, 0.25) is 0 Å². The number of halogens is 1. The topological polar surface area (TPSA) is 66.4 Å². The molecule has 0 aromatic heterocycles. The van der Waals surface area contributed by atoms with Crippen LogP contribution in [0.3, 0.4) is 0 Å². The minimum Gasteiger partial charge on any atom is -0.481 e. The number of benzene rings is 1. The van der Waals surface area contributed by atoms with E-state index in [-0.39, 0.29) is 30.4 Å². The number of aliphatic carboxylic acids is 1. The van der Waals surface area contributed by atoms with Gasteiger partial charge in [-0.1, -0.05) is 19.4 Å². The zero-order valence-electron chi connectivity index (χ0n) is 11.1. The number of carbonyl (C=O) groups is 2. The molecular formula is C14H18FNO3. The van der Waals surface area contributed by atoms with Crippen molar-refractivity contribution in [2.45, 2.75) is 26.7 Å². The molecule has 0 aliphatic rings. The highest BCUT2D eigenvalue weighted by Crippen LogP contribution is 2.11. The van der Waals surface area contributed by atoms with Crippen LogP contribution in [0.1, 0.15) is 35.7 Å². The van der Waals surface area contributed by atoms with E-state index >= 15 is 0 Å². The van der Waals surface area contributed by atoms with Gasteiger partial charge in [-0.25, -0.2) is 4.39 Å². The third kappa shape index (κ3) is 4.69. The second-order valence-electron chi connectivity index (χ2n) is 4.54. The van der Waals surface area contributed by atoms with Gasteiger partial charge in [0.2, 0.25) is 0 Å². The largest absolute Gasteiger partial charge is 0.481 e. The predicted octanol–water partition coefficient (Wildman–Crippen LogP) is 2.36. The summed E-state index contributed by atoms with van der Waals surface area (Å²) < 4.78 is 13.1. The van der Waals surface area contributed by atoms with E-state index in [9.17, 15) is 14.0 Å². The van der Waals surface area contributed by atoms with Gasteiger partial charge in [-0.2, -0.15) is 0 Å². The Morgan fingerprint density at radius 3 is 2.68 bits per heavy atom. The standard InChI is InChI=1S/C14H18FNO3/c1-3-10(6-13(17)18)8-16-14(19)12-7-11(15)5-4-9(12)2/h4-5,7,10H,3,6,8H2,1-2H3,(H,16,19)(H,17,18). The molecule has 0 heterocycles. The monoisotopic (exact) mass is 267 g/mol. The second-order valence-corrected chi connectivity index (χ2v) is 4.54. The third-order valence-electron chi connectivity index (χ3n) is 3.04. The fraction of sp³-hybridized carbons (Fsp3) is 0.429. The minimum atomic E-state index is -0.886. The van der Waals surface area contributed by atoms with Crippen LogP contribution in [-0.2, 0) is 4.79 Å². The quantitative estimate of drug-likeness (QED) is 0.831. The number of carbonyl (C=O) groups excluding carboxylic acids is 1. The van der Waals surface area contributed by atoms with Crippen LogP contribution >= 0.6 is 0 Å². The molecule has 5 heteroatoms. The Kier molecular flexibility index (Phi) is 5.48. The van der Waals surface area contributed by atoms with E-state index in [4.69, 9.17) is 5.11 Å². The molecule has 0 saturated carbocycles. The molecule has 0 bridgehead atoms. The van der Waals surface area contributed by atoms with E-state index in [1.807, 2.05) is 6.92 Å². The van der Waals surface area contributed by atoms with Crippen molar-refractivity contribution < 1.29 is 19.1 Å². The van der Waals surface area contributed by atoms with E-state index < -0.39 is 11.8 Å². The molecule has 104 valence electrons. The van der Waals surface area contributed by atoms with Crippen molar-refractivity contribution in [2.24, 2.45) is 5.92 Å². The van der Waals surface area contributed by atoms with Crippen molar-refractivity contribution in [1.29, 1.82) is 0 Å². The number of carboxylic acid groups (broad SMARTS) is 1. The lowest BCUT2D eigenvalue weighted by atomic mass is 10.0. The Morgan fingerprint density at radius 1 is 1.42 bits per heavy atom. The lowest BCUT2D eigenvalue weighted by Gasteiger charge is -2.14. The lowest BCUT2D eigenvalue weighted by molar-refractivity contribution is -0.138. The lowest BCUT2D eigenvalue weighted by Crippen LogP contribution is -2.30. The average Bonchev–Trinajstić information content (AvgIpc) is 2.36. The Balaban J connectivity index is 2.64. The maximum Gasteiger partial charge on any atom is 0.303 e. The number of nitrogens with one attached hydrogen (secondary N) is 1. The molecule has 1 aromatic carbocycles. The molecule has 1 aromatic rings. The molecule has 0 spiro atoms. The fourth-order valence-corrected chi connectivity index (χ4v) is 1.78. The van der Waals surface area contributed by atoms with Gasteiger partial charge in [0.25, 0.3) is 5.91 Å². The van der Waals surface area contributed by atoms with Crippen molar-refractivity contribution in [3.8, 4) is 0 Å². The molecule has 1 unspecified atom stereocenters. The summed E-state index contributed by atoms with van der Waals surface area (Å²) in [7, 11) is 0. The predicted molar refractivity (Wildman–Crippen MR) is 69.5 cm³/mol. The van der Waals surface area contributed by atoms with Gasteiger partial charge in [0.05, 0.1) is 0 Å². The summed E-state index contributed by atoms with van der Waals surface area (Å²) in [5.74, 6) is -1.84. The SMILES string of the molecule is CCC(CNC(=O)c1cc(F)ccc1C)CC(=O)O. The van der Waals surface area contributed by atoms with Crippen LogP contribution in [0.5, 0.6) is 0 Å². The van der Waals surface area contributed by atoms with Gasteiger partial charge in [0.1, 0.15) is 5.82 Å². The van der Waals surface area contributed by atoms with E-state index in [1.54, 1.807) is 13.0 Å². The first-order chi connectivity index (χ1) is 8.93. The Morgan fingerprint density at radius 2 is 2.11 bits per heavy atom. The van der Waals surface area contributed by atoms with Crippen molar-refractivity contribution >= 4 is 11.9 Å². The van der Waals surface area contributed by atoms with E-state index in [1.165, 1.54) is 12.1 Å². The molecule has 1 amide bonds. The minimum absolute atomic E-state index is 0.0128. The number of hydrogen-bond acceptors (Lipinski definition) is 2. The van der Waals surface area contributed by atoms with Crippen molar-refractivity contribution in [1.82, 2.24) is 5.32 Å². The second kappa shape index (κ2) is 6.87. The van der Waals surface area contributed by atoms with E-state index in [0.29, 0.717) is 12.0 Å². The number of rotatable bonds is 6. The smallest absolute Gasteiger partial charge is 0.303 e. The molecule has 4 nitrogen and oxygen atoms in total. The van der Waals surface area contributed by atoms with Crippen molar-refractivity contribution in [3.63, 3.8) is 0 Å². The van der Waals surface area contributed by atoms with Gasteiger partial charge < -0.3 is 10.4 Å². The average molecular weight is 267 g/mol. The van der Waals surface area contributed by atoms with Crippen LogP contribution in [0, 0.1) is 18.7 Å². The van der Waals surface area contributed by atoms with E-state index in [2.05, 4.69) is 5.32 Å². The summed E-state index contributed by atoms with van der Waals surface area (Å²) in [4.78, 5) is 22.5. The van der Waals surface area contributed by atoms with Crippen molar-refractivity contribution in [3.05, 3.63) is 35.1 Å². The first kappa shape index (κ1) is 15.1. The van der Waals surface area contributed by atoms with Gasteiger partial charge in [0.15, 0.2) is 0 Å². The molecule has 19 heavy (non-hydrogen) atoms. The highest BCUT2D eigenvalue weighted by Gasteiger charge is 2.14. The molecule has 0 aliphatic heterocycles. The first-order valence-electron chi connectivity index (χ1n) is 6.20. The molecular weight excluding hydrogens is 249 g/mol. The van der Waals surface area contributed by atoms with Gasteiger partial charge in [-0.3, -0.25) is 9.59 Å². The van der Waals surface area contributed by atoms with Crippen LogP contribution in [0.4, 0.5) is 4.39 Å². The number of carboxylic acids is 1. The number of amides is 1. The van der Waals surface area contributed by atoms with Crippen LogP contribution in [-0.4, -0.2) is 23.5 Å². The molecule has 1 rings (SSSR count). The maximum atomic E-state index is 13.1.